The van der Waals surface area contributed by atoms with E-state index in [4.69, 9.17) is 0 Å². The average Bonchev–Trinajstić information content (AvgIpc) is 3.18. The van der Waals surface area contributed by atoms with Crippen molar-refractivity contribution in [1.29, 1.82) is 0 Å². The van der Waals surface area contributed by atoms with Crippen LogP contribution in [-0.4, -0.2) is 0 Å². The molecule has 0 aromatic heterocycles. The van der Waals surface area contributed by atoms with Crippen molar-refractivity contribution in [1.82, 2.24) is 0 Å². The topological polar surface area (TPSA) is 3.24 Å². The summed E-state index contributed by atoms with van der Waals surface area (Å²) >= 11 is 0. The Balaban J connectivity index is 0.000000187. The first-order valence-corrected chi connectivity index (χ1v) is 18.3. The molecular weight excluding hydrogens is 627 g/mol. The maximum Gasteiger partial charge on any atom is 0.0461 e. The minimum absolute atomic E-state index is 1.10. The maximum absolute atomic E-state index is 2.35. The maximum atomic E-state index is 2.35. The SMILES string of the molecule is Cc1ccc(C(=CC=C(C2=CCCC=C2)c2ccccc2)c2ccc(C)cc2)cc1.Cc1ccc(N(c2ccc(C)cc2)c2ccc(C)cc2)cc1. The largest absolute Gasteiger partial charge is 0.311 e. The van der Waals surface area contributed by atoms with Gasteiger partial charge < -0.3 is 4.90 Å². The highest BCUT2D eigenvalue weighted by atomic mass is 15.1. The minimum Gasteiger partial charge on any atom is -0.311 e. The van der Waals surface area contributed by atoms with Crippen LogP contribution in [0.3, 0.4) is 0 Å². The van der Waals surface area contributed by atoms with Crippen LogP contribution in [0.2, 0.25) is 0 Å². The van der Waals surface area contributed by atoms with Crippen LogP contribution in [0.4, 0.5) is 17.1 Å². The van der Waals surface area contributed by atoms with Gasteiger partial charge in [-0.2, -0.15) is 0 Å². The van der Waals surface area contributed by atoms with Crippen LogP contribution in [0.15, 0.2) is 188 Å². The van der Waals surface area contributed by atoms with Crippen LogP contribution in [0.5, 0.6) is 0 Å². The Morgan fingerprint density at radius 3 is 1.15 bits per heavy atom. The lowest BCUT2D eigenvalue weighted by atomic mass is 9.91. The van der Waals surface area contributed by atoms with E-state index >= 15 is 0 Å². The molecule has 1 heteroatoms. The molecule has 0 saturated heterocycles. The summed E-state index contributed by atoms with van der Waals surface area (Å²) in [6.45, 7) is 10.6. The Labute approximate surface area is 311 Å². The molecule has 0 spiro atoms. The zero-order valence-corrected chi connectivity index (χ0v) is 31.2. The fraction of sp³-hybridized carbons (Fsp3) is 0.137. The summed E-state index contributed by atoms with van der Waals surface area (Å²) in [5.74, 6) is 0. The number of anilines is 3. The summed E-state index contributed by atoms with van der Waals surface area (Å²) in [4.78, 5) is 2.29. The first-order chi connectivity index (χ1) is 25.3. The summed E-state index contributed by atoms with van der Waals surface area (Å²) in [7, 11) is 0. The number of hydrogen-bond acceptors (Lipinski definition) is 1. The molecule has 0 saturated carbocycles. The highest BCUT2D eigenvalue weighted by Gasteiger charge is 2.12. The van der Waals surface area contributed by atoms with Crippen LogP contribution in [0.1, 0.15) is 57.3 Å². The van der Waals surface area contributed by atoms with Crippen molar-refractivity contribution in [3.63, 3.8) is 0 Å². The van der Waals surface area contributed by atoms with Gasteiger partial charge in [-0.05, 0) is 117 Å². The molecule has 6 aromatic carbocycles. The van der Waals surface area contributed by atoms with Crippen LogP contribution >= 0.6 is 0 Å². The third kappa shape index (κ3) is 9.44. The average molecular weight is 676 g/mol. The molecule has 1 aliphatic carbocycles. The molecule has 0 amide bonds. The van der Waals surface area contributed by atoms with E-state index in [9.17, 15) is 0 Å². The predicted octanol–water partition coefficient (Wildman–Crippen LogP) is 14.2. The Morgan fingerprint density at radius 2 is 0.769 bits per heavy atom. The molecule has 0 fully saturated rings. The van der Waals surface area contributed by atoms with Gasteiger partial charge in [0.25, 0.3) is 0 Å². The van der Waals surface area contributed by atoms with E-state index in [0.717, 1.165) is 12.8 Å². The zero-order chi connectivity index (χ0) is 36.3. The van der Waals surface area contributed by atoms with Gasteiger partial charge in [0.05, 0.1) is 0 Å². The normalized spacial score (nSPS) is 12.3. The summed E-state index contributed by atoms with van der Waals surface area (Å²) in [5.41, 5.74) is 17.4. The molecule has 0 heterocycles. The van der Waals surface area contributed by atoms with Crippen molar-refractivity contribution >= 4 is 28.2 Å². The number of benzene rings is 6. The van der Waals surface area contributed by atoms with Crippen molar-refractivity contribution in [3.05, 3.63) is 232 Å². The second-order valence-corrected chi connectivity index (χ2v) is 13.7. The Kier molecular flexibility index (Phi) is 12.0. The Morgan fingerprint density at radius 1 is 0.404 bits per heavy atom. The van der Waals surface area contributed by atoms with Crippen molar-refractivity contribution in [2.24, 2.45) is 0 Å². The predicted molar refractivity (Wildman–Crippen MR) is 226 cm³/mol. The fourth-order valence-corrected chi connectivity index (χ4v) is 6.31. The zero-order valence-electron chi connectivity index (χ0n) is 31.2. The van der Waals surface area contributed by atoms with E-state index in [0.29, 0.717) is 0 Å². The quantitative estimate of drug-likeness (QED) is 0.145. The molecule has 0 radical (unpaired) electrons. The third-order valence-electron chi connectivity index (χ3n) is 9.41. The van der Waals surface area contributed by atoms with Crippen molar-refractivity contribution in [3.8, 4) is 0 Å². The molecular formula is C51H49N. The lowest BCUT2D eigenvalue weighted by molar-refractivity contribution is 1.03. The van der Waals surface area contributed by atoms with Gasteiger partial charge in [0.2, 0.25) is 0 Å². The van der Waals surface area contributed by atoms with Crippen LogP contribution < -0.4 is 4.90 Å². The smallest absolute Gasteiger partial charge is 0.0461 e. The minimum atomic E-state index is 1.10. The van der Waals surface area contributed by atoms with E-state index in [1.54, 1.807) is 0 Å². The van der Waals surface area contributed by atoms with E-state index in [1.165, 1.54) is 78.3 Å². The van der Waals surface area contributed by atoms with Crippen molar-refractivity contribution in [2.75, 3.05) is 4.90 Å². The molecule has 7 rings (SSSR count). The molecule has 258 valence electrons. The van der Waals surface area contributed by atoms with Gasteiger partial charge in [-0.3, -0.25) is 0 Å². The molecule has 1 nitrogen and oxygen atoms in total. The molecule has 0 bridgehead atoms. The molecule has 0 unspecified atom stereocenters. The number of allylic oxidation sites excluding steroid dienone is 7. The van der Waals surface area contributed by atoms with E-state index < -0.39 is 0 Å². The van der Waals surface area contributed by atoms with Gasteiger partial charge in [0.1, 0.15) is 0 Å². The van der Waals surface area contributed by atoms with Gasteiger partial charge in [0, 0.05) is 17.1 Å². The number of hydrogen-bond donors (Lipinski definition) is 0. The molecule has 0 N–H and O–H groups in total. The second kappa shape index (κ2) is 17.3. The lowest BCUT2D eigenvalue weighted by Gasteiger charge is -2.25. The van der Waals surface area contributed by atoms with Gasteiger partial charge in [-0.25, -0.2) is 0 Å². The van der Waals surface area contributed by atoms with Crippen LogP contribution in [-0.2, 0) is 0 Å². The van der Waals surface area contributed by atoms with E-state index in [1.807, 2.05) is 0 Å². The van der Waals surface area contributed by atoms with Gasteiger partial charge >= 0.3 is 0 Å². The van der Waals surface area contributed by atoms with Crippen molar-refractivity contribution < 1.29 is 0 Å². The molecule has 1 aliphatic rings. The molecule has 0 atom stereocenters. The van der Waals surface area contributed by atoms with Crippen LogP contribution in [0.25, 0.3) is 11.1 Å². The number of rotatable bonds is 8. The lowest BCUT2D eigenvalue weighted by Crippen LogP contribution is -2.09. The molecule has 52 heavy (non-hydrogen) atoms. The molecule has 6 aromatic rings. The monoisotopic (exact) mass is 675 g/mol. The highest BCUT2D eigenvalue weighted by molar-refractivity contribution is 5.87. The summed E-state index contributed by atoms with van der Waals surface area (Å²) in [5, 5.41) is 0. The first-order valence-electron chi connectivity index (χ1n) is 18.3. The van der Waals surface area contributed by atoms with Gasteiger partial charge in [-0.1, -0.05) is 173 Å². The highest BCUT2D eigenvalue weighted by Crippen LogP contribution is 2.35. The van der Waals surface area contributed by atoms with Gasteiger partial charge in [0.15, 0.2) is 0 Å². The van der Waals surface area contributed by atoms with E-state index in [-0.39, 0.29) is 0 Å². The third-order valence-corrected chi connectivity index (χ3v) is 9.41. The van der Waals surface area contributed by atoms with Crippen molar-refractivity contribution in [2.45, 2.75) is 47.5 Å². The number of nitrogens with zero attached hydrogens (tertiary/aromatic N) is 1. The fourth-order valence-electron chi connectivity index (χ4n) is 6.31. The number of aryl methyl sites for hydroxylation is 5. The standard InChI is InChI=1S/C30H28.C21H21N/c1-23-13-17-27(18-14-23)30(28-19-15-24(2)16-20-28)22-21-29(25-9-5-3-6-10-25)26-11-7-4-8-12-26;1-16-4-10-19(11-5-16)22(20-12-6-17(2)7-13-20)21-14-8-18(3)9-15-21/h3,5-7,9-22H,4,8H2,1-2H3;4-15H,1-3H3. The van der Waals surface area contributed by atoms with E-state index in [2.05, 4.69) is 222 Å². The Bertz CT molecular complexity index is 2000. The summed E-state index contributed by atoms with van der Waals surface area (Å²) in [6, 6.07) is 54.3. The first kappa shape index (κ1) is 35.9. The molecule has 0 aliphatic heterocycles. The Hall–Kier alpha value is -5.92. The summed E-state index contributed by atoms with van der Waals surface area (Å²) < 4.78 is 0. The van der Waals surface area contributed by atoms with Gasteiger partial charge in [-0.15, -0.1) is 0 Å². The van der Waals surface area contributed by atoms with Crippen LogP contribution in [0, 0.1) is 34.6 Å². The summed E-state index contributed by atoms with van der Waals surface area (Å²) in [6.07, 6.45) is 13.7. The second-order valence-electron chi connectivity index (χ2n) is 13.7.